The van der Waals surface area contributed by atoms with E-state index in [1.807, 2.05) is 0 Å². The molecule has 0 aliphatic heterocycles. The highest BCUT2D eigenvalue weighted by atomic mass is 19.1. The molecule has 4 aromatic rings. The summed E-state index contributed by atoms with van der Waals surface area (Å²) in [7, 11) is 2.97. The van der Waals surface area contributed by atoms with Crippen LogP contribution in [0.15, 0.2) is 52.4 Å². The Morgan fingerprint density at radius 2 is 2.16 bits per heavy atom. The van der Waals surface area contributed by atoms with Crippen molar-refractivity contribution in [2.75, 3.05) is 19.0 Å². The summed E-state index contributed by atoms with van der Waals surface area (Å²) < 4.78 is 27.0. The van der Waals surface area contributed by atoms with Gasteiger partial charge < -0.3 is 19.7 Å². The van der Waals surface area contributed by atoms with Crippen molar-refractivity contribution in [1.29, 1.82) is 5.26 Å². The molecular weight excluding hydrogens is 497 g/mol. The van der Waals surface area contributed by atoms with Crippen LogP contribution in [-0.2, 0) is 18.3 Å². The van der Waals surface area contributed by atoms with Crippen LogP contribution in [-0.4, -0.2) is 49.2 Å². The van der Waals surface area contributed by atoms with Gasteiger partial charge in [-0.25, -0.2) is 9.37 Å². The highest BCUT2D eigenvalue weighted by molar-refractivity contribution is 6.04. The number of hydrogen-bond acceptors (Lipinski definition) is 9. The molecule has 0 saturated carbocycles. The van der Waals surface area contributed by atoms with Crippen LogP contribution in [0.25, 0.3) is 0 Å². The minimum atomic E-state index is -0.857. The first kappa shape index (κ1) is 26.2. The van der Waals surface area contributed by atoms with E-state index >= 15 is 0 Å². The lowest BCUT2D eigenvalue weighted by atomic mass is 9.80. The maximum absolute atomic E-state index is 14.4. The number of anilines is 1. The maximum atomic E-state index is 14.4. The number of nitriles is 1. The van der Waals surface area contributed by atoms with Gasteiger partial charge in [0.15, 0.2) is 5.69 Å². The third-order valence-electron chi connectivity index (χ3n) is 6.12. The van der Waals surface area contributed by atoms with Gasteiger partial charge in [0.2, 0.25) is 5.75 Å². The number of methoxy groups -OCH3 is 1. The average Bonchev–Trinajstić information content (AvgIpc) is 3.59. The first-order valence-corrected chi connectivity index (χ1v) is 11.5. The van der Waals surface area contributed by atoms with E-state index in [1.165, 1.54) is 37.7 Å². The lowest BCUT2D eigenvalue weighted by Crippen LogP contribution is -2.29. The molecule has 38 heavy (non-hydrogen) atoms. The Bertz CT molecular complexity index is 1560. The Morgan fingerprint density at radius 3 is 2.84 bits per heavy atom. The predicted molar refractivity (Wildman–Crippen MR) is 131 cm³/mol. The van der Waals surface area contributed by atoms with Gasteiger partial charge in [-0.2, -0.15) is 10.4 Å². The molecule has 3 heterocycles. The fourth-order valence-electron chi connectivity index (χ4n) is 4.26. The normalized spacial score (nSPS) is 12.6. The van der Waals surface area contributed by atoms with Crippen LogP contribution in [0.2, 0.25) is 0 Å². The Labute approximate surface area is 215 Å². The molecule has 2 N–H and O–H groups in total. The van der Waals surface area contributed by atoms with Crippen molar-refractivity contribution >= 4 is 11.6 Å². The number of halogens is 1. The van der Waals surface area contributed by atoms with Crippen LogP contribution in [0.4, 0.5) is 10.1 Å². The van der Waals surface area contributed by atoms with Crippen molar-refractivity contribution < 1.29 is 23.6 Å². The monoisotopic (exact) mass is 521 g/mol. The van der Waals surface area contributed by atoms with E-state index < -0.39 is 40.6 Å². The molecule has 13 heteroatoms. The van der Waals surface area contributed by atoms with E-state index in [-0.39, 0.29) is 17.1 Å². The summed E-state index contributed by atoms with van der Waals surface area (Å²) in [6, 6.07) is 5.91. The Kier molecular flexibility index (Phi) is 7.63. The highest BCUT2D eigenvalue weighted by Gasteiger charge is 2.32. The number of carbonyl (C=O) groups excluding carboxylic acids is 1. The second-order valence-corrected chi connectivity index (χ2v) is 8.54. The van der Waals surface area contributed by atoms with Crippen molar-refractivity contribution in [3.05, 3.63) is 87.4 Å². The Hall–Kier alpha value is -4.83. The largest absolute Gasteiger partial charge is 0.501 e. The molecule has 1 amide bonds. The molecule has 0 fully saturated rings. The molecule has 0 aliphatic carbocycles. The molecule has 0 bridgehead atoms. The molecule has 1 aromatic carbocycles. The number of amides is 1. The van der Waals surface area contributed by atoms with Gasteiger partial charge in [0.25, 0.3) is 11.5 Å². The molecule has 12 nitrogen and oxygen atoms in total. The Balaban J connectivity index is 1.85. The van der Waals surface area contributed by atoms with Crippen LogP contribution < -0.4 is 10.9 Å². The summed E-state index contributed by atoms with van der Waals surface area (Å²) >= 11 is 0. The second kappa shape index (κ2) is 11.1. The zero-order valence-electron chi connectivity index (χ0n) is 20.8. The molecule has 0 radical (unpaired) electrons. The quantitative estimate of drug-likeness (QED) is 0.337. The van der Waals surface area contributed by atoms with Crippen molar-refractivity contribution in [2.45, 2.75) is 25.3 Å². The van der Waals surface area contributed by atoms with Gasteiger partial charge >= 0.3 is 0 Å². The molecule has 0 unspecified atom stereocenters. The summed E-state index contributed by atoms with van der Waals surface area (Å²) in [6.45, 7) is 2.59. The number of carbonyl (C=O) groups is 1. The fourth-order valence-corrected chi connectivity index (χ4v) is 4.26. The van der Waals surface area contributed by atoms with Crippen LogP contribution in [0.1, 0.15) is 51.8 Å². The lowest BCUT2D eigenvalue weighted by molar-refractivity contribution is 0.101. The second-order valence-electron chi connectivity index (χ2n) is 8.54. The van der Waals surface area contributed by atoms with Gasteiger partial charge in [0.05, 0.1) is 37.2 Å². The van der Waals surface area contributed by atoms with E-state index in [9.17, 15) is 24.3 Å². The van der Waals surface area contributed by atoms with E-state index in [4.69, 9.17) is 4.74 Å². The van der Waals surface area contributed by atoms with Gasteiger partial charge in [0.1, 0.15) is 23.6 Å². The van der Waals surface area contributed by atoms with Crippen molar-refractivity contribution in [3.8, 4) is 11.8 Å². The molecule has 196 valence electrons. The van der Waals surface area contributed by atoms with Crippen molar-refractivity contribution in [1.82, 2.24) is 24.5 Å². The van der Waals surface area contributed by atoms with Gasteiger partial charge in [-0.15, -0.1) is 0 Å². The van der Waals surface area contributed by atoms with E-state index in [1.54, 1.807) is 31.1 Å². The van der Waals surface area contributed by atoms with Crippen molar-refractivity contribution in [2.24, 2.45) is 7.05 Å². The van der Waals surface area contributed by atoms with Crippen LogP contribution in [0, 0.1) is 17.1 Å². The Morgan fingerprint density at radius 1 is 1.37 bits per heavy atom. The minimum Gasteiger partial charge on any atom is -0.501 e. The molecule has 0 spiro atoms. The number of benzene rings is 1. The summed E-state index contributed by atoms with van der Waals surface area (Å²) in [5.41, 5.74) is 0.0305. The number of nitrogens with zero attached hydrogens (tertiary/aromatic N) is 6. The predicted octanol–water partition coefficient (Wildman–Crippen LogP) is 2.52. The molecule has 2 atom stereocenters. The zero-order chi connectivity index (χ0) is 27.4. The number of hydrogen-bond donors (Lipinski definition) is 2. The van der Waals surface area contributed by atoms with Gasteiger partial charge in [-0.3, -0.25) is 18.8 Å². The number of aromatic hydroxyl groups is 1. The number of aromatic nitrogens is 5. The average molecular weight is 522 g/mol. The van der Waals surface area contributed by atoms with Crippen LogP contribution >= 0.6 is 0 Å². The van der Waals surface area contributed by atoms with Gasteiger partial charge in [-0.05, 0) is 29.3 Å². The van der Waals surface area contributed by atoms with Gasteiger partial charge in [-0.1, -0.05) is 12.1 Å². The molecule has 3 aromatic heterocycles. The maximum Gasteiger partial charge on any atom is 0.296 e. The van der Waals surface area contributed by atoms with E-state index in [0.29, 0.717) is 24.3 Å². The third kappa shape index (κ3) is 5.16. The van der Waals surface area contributed by atoms with Gasteiger partial charge in [0, 0.05) is 32.2 Å². The van der Waals surface area contributed by atoms with Crippen molar-refractivity contribution in [3.63, 3.8) is 0 Å². The smallest absolute Gasteiger partial charge is 0.296 e. The van der Waals surface area contributed by atoms with E-state index in [0.717, 1.165) is 4.57 Å². The third-order valence-corrected chi connectivity index (χ3v) is 6.12. The number of rotatable bonds is 9. The molecule has 4 rings (SSSR count). The van der Waals surface area contributed by atoms with Crippen LogP contribution in [0.3, 0.4) is 0 Å². The summed E-state index contributed by atoms with van der Waals surface area (Å²) in [5, 5.41) is 30.5. The standard InChI is InChI=1S/C25H24FN7O5/c1-14(23-31-21(22(34)25(36)32(23)2)24(35)30-18-11-29-38-13-18)20(16-10-28-33(12-16)6-7-37-3)19-8-17(26)5-4-15(19)9-27/h4-5,8,10-14,20,34H,6-7H2,1-3H3,(H,30,35)/t14-,20-/m1/s1. The topological polar surface area (TPSA) is 161 Å². The first-order valence-electron chi connectivity index (χ1n) is 11.5. The fraction of sp³-hybridized carbons (Fsp3) is 0.280. The van der Waals surface area contributed by atoms with Crippen LogP contribution in [0.5, 0.6) is 5.75 Å². The first-order chi connectivity index (χ1) is 18.2. The lowest BCUT2D eigenvalue weighted by Gasteiger charge is -2.26. The summed E-state index contributed by atoms with van der Waals surface area (Å²) in [4.78, 5) is 30.1. The minimum absolute atomic E-state index is 0.117. The molecule has 0 aliphatic rings. The zero-order valence-corrected chi connectivity index (χ0v) is 20.8. The number of ether oxygens (including phenoxy) is 1. The highest BCUT2D eigenvalue weighted by Crippen LogP contribution is 2.39. The number of nitrogens with one attached hydrogen (secondary N) is 1. The molecule has 0 saturated heterocycles. The summed E-state index contributed by atoms with van der Waals surface area (Å²) in [6.07, 6.45) is 5.74. The summed E-state index contributed by atoms with van der Waals surface area (Å²) in [5.74, 6) is -3.53. The van der Waals surface area contributed by atoms with E-state index in [2.05, 4.69) is 31.1 Å². The molecular formula is C25H24FN7O5. The SMILES string of the molecule is COCCn1cc([C@H](c2cc(F)ccc2C#N)[C@@H](C)c2nc(C(=O)Nc3cnoc3)c(O)c(=O)n2C)cn1.